The minimum Gasteiger partial charge on any atom is -0.303 e. The zero-order valence-electron chi connectivity index (χ0n) is 9.15. The van der Waals surface area contributed by atoms with Crippen LogP contribution >= 0.6 is 0 Å². The number of hydrogen-bond donors (Lipinski definition) is 0. The van der Waals surface area contributed by atoms with E-state index in [-0.39, 0.29) is 0 Å². The van der Waals surface area contributed by atoms with Gasteiger partial charge in [0.05, 0.1) is 0 Å². The van der Waals surface area contributed by atoms with E-state index in [1.165, 1.54) is 44.5 Å². The molecule has 0 amide bonds. The molecule has 2 bridgehead atoms. The van der Waals surface area contributed by atoms with Gasteiger partial charge in [0.1, 0.15) is 0 Å². The summed E-state index contributed by atoms with van der Waals surface area (Å²) in [5.41, 5.74) is 1.49. The van der Waals surface area contributed by atoms with Crippen molar-refractivity contribution in [2.24, 2.45) is 11.8 Å². The lowest BCUT2D eigenvalue weighted by atomic mass is 9.76. The van der Waals surface area contributed by atoms with Crippen LogP contribution in [0.2, 0.25) is 0 Å². The lowest BCUT2D eigenvalue weighted by Gasteiger charge is -2.45. The second-order valence-corrected chi connectivity index (χ2v) is 5.01. The molecule has 1 heteroatoms. The van der Waals surface area contributed by atoms with Gasteiger partial charge in [0, 0.05) is 6.54 Å². The summed E-state index contributed by atoms with van der Waals surface area (Å²) in [6, 6.07) is 11.6. The first-order valence-corrected chi connectivity index (χ1v) is 6.09. The number of fused-ring (bicyclic) bond motifs is 3. The van der Waals surface area contributed by atoms with Crippen LogP contribution in [0.1, 0.15) is 18.4 Å². The van der Waals surface area contributed by atoms with Crippen molar-refractivity contribution in [3.8, 4) is 0 Å². The normalized spacial score (nSPS) is 34.3. The zero-order chi connectivity index (χ0) is 10.1. The van der Waals surface area contributed by atoms with Crippen molar-refractivity contribution >= 4 is 0 Å². The van der Waals surface area contributed by atoms with Crippen molar-refractivity contribution in [1.29, 1.82) is 0 Å². The number of hydrogen-bond acceptors (Lipinski definition) is 1. The van der Waals surface area contributed by atoms with Crippen LogP contribution in [0.25, 0.3) is 0 Å². The molecule has 0 aliphatic carbocycles. The topological polar surface area (TPSA) is 3.24 Å². The fraction of sp³-hybridized carbons (Fsp3) is 0.571. The first kappa shape index (κ1) is 9.41. The Hall–Kier alpha value is -0.820. The Morgan fingerprint density at radius 1 is 1.20 bits per heavy atom. The van der Waals surface area contributed by atoms with Gasteiger partial charge in [0.2, 0.25) is 0 Å². The highest BCUT2D eigenvalue weighted by Crippen LogP contribution is 2.34. The van der Waals surface area contributed by atoms with Gasteiger partial charge in [0.25, 0.3) is 0 Å². The maximum atomic E-state index is 3.09. The van der Waals surface area contributed by atoms with Gasteiger partial charge in [-0.05, 0) is 55.8 Å². The van der Waals surface area contributed by atoms with E-state index in [9.17, 15) is 0 Å². The van der Waals surface area contributed by atoms with Gasteiger partial charge in [-0.1, -0.05) is 24.3 Å². The molecular formula is C14H18N. The molecule has 1 aromatic rings. The molecule has 0 spiro atoms. The minimum atomic E-state index is 0.912. The molecule has 0 N–H and O–H groups in total. The molecule has 3 aliphatic heterocycles. The van der Waals surface area contributed by atoms with Crippen LogP contribution < -0.4 is 0 Å². The van der Waals surface area contributed by atoms with Crippen molar-refractivity contribution < 1.29 is 0 Å². The smallest absolute Gasteiger partial charge is 0.00155 e. The van der Waals surface area contributed by atoms with Crippen LogP contribution in [0, 0.1) is 17.9 Å². The SMILES string of the molecule is [c]1ccc(CC2CN3CCC2CC3)cc1. The molecule has 15 heavy (non-hydrogen) atoms. The lowest BCUT2D eigenvalue weighted by Crippen LogP contribution is -2.48. The average molecular weight is 200 g/mol. The van der Waals surface area contributed by atoms with Crippen LogP contribution in [0.4, 0.5) is 0 Å². The van der Waals surface area contributed by atoms with Crippen molar-refractivity contribution in [3.05, 3.63) is 35.9 Å². The van der Waals surface area contributed by atoms with Gasteiger partial charge in [-0.3, -0.25) is 0 Å². The van der Waals surface area contributed by atoms with Crippen LogP contribution in [-0.4, -0.2) is 24.5 Å². The monoisotopic (exact) mass is 200 g/mol. The molecule has 3 heterocycles. The fourth-order valence-corrected chi connectivity index (χ4v) is 3.18. The van der Waals surface area contributed by atoms with Crippen molar-refractivity contribution in [1.82, 2.24) is 4.90 Å². The molecule has 1 atom stereocenters. The summed E-state index contributed by atoms with van der Waals surface area (Å²) in [6.45, 7) is 4.04. The number of rotatable bonds is 2. The highest BCUT2D eigenvalue weighted by Gasteiger charge is 2.33. The maximum Gasteiger partial charge on any atom is 0.00155 e. The van der Waals surface area contributed by atoms with Crippen LogP contribution in [-0.2, 0) is 6.42 Å². The molecular weight excluding hydrogens is 182 g/mol. The molecule has 3 saturated heterocycles. The molecule has 0 saturated carbocycles. The van der Waals surface area contributed by atoms with Gasteiger partial charge >= 0.3 is 0 Å². The van der Waals surface area contributed by atoms with Crippen molar-refractivity contribution in [2.75, 3.05) is 19.6 Å². The molecule has 3 aliphatic rings. The first-order valence-electron chi connectivity index (χ1n) is 6.09. The van der Waals surface area contributed by atoms with Crippen molar-refractivity contribution in [3.63, 3.8) is 0 Å². The summed E-state index contributed by atoms with van der Waals surface area (Å²) >= 11 is 0. The third-order valence-corrected chi connectivity index (χ3v) is 4.08. The summed E-state index contributed by atoms with van der Waals surface area (Å²) in [5.74, 6) is 1.91. The molecule has 1 nitrogen and oxygen atoms in total. The first-order chi connectivity index (χ1) is 7.42. The van der Waals surface area contributed by atoms with Crippen LogP contribution in [0.15, 0.2) is 24.3 Å². The quantitative estimate of drug-likeness (QED) is 0.708. The van der Waals surface area contributed by atoms with Gasteiger partial charge in [-0.15, -0.1) is 0 Å². The van der Waals surface area contributed by atoms with E-state index < -0.39 is 0 Å². The van der Waals surface area contributed by atoms with Gasteiger partial charge in [0.15, 0.2) is 0 Å². The number of piperidine rings is 3. The predicted molar refractivity (Wildman–Crippen MR) is 61.6 cm³/mol. The lowest BCUT2D eigenvalue weighted by molar-refractivity contribution is 0.0512. The Labute approximate surface area is 92.1 Å². The molecule has 1 aromatic carbocycles. The Kier molecular flexibility index (Phi) is 2.49. The predicted octanol–water partition coefficient (Wildman–Crippen LogP) is 2.37. The Bertz CT molecular complexity index is 311. The van der Waals surface area contributed by atoms with Gasteiger partial charge in [-0.2, -0.15) is 0 Å². The second-order valence-electron chi connectivity index (χ2n) is 5.01. The Morgan fingerprint density at radius 3 is 2.53 bits per heavy atom. The molecule has 1 radical (unpaired) electrons. The summed E-state index contributed by atoms with van der Waals surface area (Å²) in [5, 5.41) is 0. The average Bonchev–Trinajstić information content (AvgIpc) is 2.32. The van der Waals surface area contributed by atoms with E-state index in [2.05, 4.69) is 23.1 Å². The molecule has 0 aromatic heterocycles. The summed E-state index contributed by atoms with van der Waals surface area (Å²) in [6.07, 6.45) is 4.14. The molecule has 79 valence electrons. The molecule has 1 unspecified atom stereocenters. The second kappa shape index (κ2) is 3.97. The highest BCUT2D eigenvalue weighted by molar-refractivity contribution is 5.15. The van der Waals surface area contributed by atoms with E-state index in [0.717, 1.165) is 11.8 Å². The maximum absolute atomic E-state index is 3.09. The third-order valence-electron chi connectivity index (χ3n) is 4.08. The van der Waals surface area contributed by atoms with E-state index in [1.54, 1.807) is 0 Å². The van der Waals surface area contributed by atoms with Gasteiger partial charge in [-0.25, -0.2) is 0 Å². The number of benzene rings is 1. The molecule has 3 fully saturated rings. The highest BCUT2D eigenvalue weighted by atomic mass is 15.1. The summed E-state index contributed by atoms with van der Waals surface area (Å²) < 4.78 is 0. The van der Waals surface area contributed by atoms with E-state index >= 15 is 0 Å². The standard InChI is InChI=1S/C14H18N/c1-2-4-12(5-3-1)10-14-11-15-8-6-13(14)7-9-15/h2-5,13-14H,6-11H2. The Morgan fingerprint density at radius 2 is 1.93 bits per heavy atom. The Balaban J connectivity index is 1.69. The molecule has 4 rings (SSSR count). The van der Waals surface area contributed by atoms with E-state index in [4.69, 9.17) is 0 Å². The van der Waals surface area contributed by atoms with Crippen LogP contribution in [0.3, 0.4) is 0 Å². The number of nitrogens with zero attached hydrogens (tertiary/aromatic N) is 1. The van der Waals surface area contributed by atoms with E-state index in [1.807, 2.05) is 12.1 Å². The van der Waals surface area contributed by atoms with E-state index in [0.29, 0.717) is 0 Å². The van der Waals surface area contributed by atoms with Crippen LogP contribution in [0.5, 0.6) is 0 Å². The van der Waals surface area contributed by atoms with Crippen molar-refractivity contribution in [2.45, 2.75) is 19.3 Å². The minimum absolute atomic E-state index is 0.912. The summed E-state index contributed by atoms with van der Waals surface area (Å²) in [7, 11) is 0. The zero-order valence-corrected chi connectivity index (χ0v) is 9.15. The fourth-order valence-electron chi connectivity index (χ4n) is 3.18. The largest absolute Gasteiger partial charge is 0.303 e. The summed E-state index contributed by atoms with van der Waals surface area (Å²) in [4.78, 5) is 2.64. The third kappa shape index (κ3) is 1.93. The van der Waals surface area contributed by atoms with Gasteiger partial charge < -0.3 is 4.90 Å².